The van der Waals surface area contributed by atoms with Gasteiger partial charge in [0, 0.05) is 61.1 Å². The van der Waals surface area contributed by atoms with Gasteiger partial charge in [0.2, 0.25) is 0 Å². The van der Waals surface area contributed by atoms with Gasteiger partial charge in [-0.2, -0.15) is 0 Å². The highest BCUT2D eigenvalue weighted by molar-refractivity contribution is 7.25. The minimum absolute atomic E-state index is 0.0336. The van der Waals surface area contributed by atoms with Crippen molar-refractivity contribution in [3.05, 3.63) is 150 Å². The smallest absolute Gasteiger partial charge is 0.123 e. The van der Waals surface area contributed by atoms with Crippen LogP contribution in [0, 0.1) is 12.7 Å². The molecule has 0 amide bonds. The number of para-hydroxylation sites is 1. The zero-order valence-electron chi connectivity index (χ0n) is 25.8. The molecule has 1 aliphatic rings. The summed E-state index contributed by atoms with van der Waals surface area (Å²) in [4.78, 5) is 4.47. The number of thiophene rings is 1. The summed E-state index contributed by atoms with van der Waals surface area (Å²) in [6.07, 6.45) is 0. The molecule has 45 heavy (non-hydrogen) atoms. The maximum atomic E-state index is 13.5. The highest BCUT2D eigenvalue weighted by Gasteiger charge is 2.35. The fraction of sp³-hybridized carbons (Fsp3) is 0.122. The number of benzene rings is 6. The third-order valence-electron chi connectivity index (χ3n) is 9.39. The Kier molecular flexibility index (Phi) is 6.33. The average molecular weight is 605 g/mol. The quantitative estimate of drug-likeness (QED) is 0.193. The minimum Gasteiger partial charge on any atom is -0.345 e. The van der Waals surface area contributed by atoms with Crippen molar-refractivity contribution in [1.29, 1.82) is 0 Å². The second-order valence-electron chi connectivity index (χ2n) is 12.6. The standard InChI is InChI=1S/C41H33FN2S/c1-26-10-20-37-35(22-26)36-23-31(17-21-38(36)41(37,2)3)44(29-8-6-5-7-9-29)32-16-19-34-33-18-15-30(24-39(33)45-40(34)25-32)43(4)28-13-11-27(42)12-14-28/h5-25H,1-4H3. The first-order valence-corrected chi connectivity index (χ1v) is 16.2. The summed E-state index contributed by atoms with van der Waals surface area (Å²) in [5, 5.41) is 2.50. The van der Waals surface area contributed by atoms with Gasteiger partial charge in [0.25, 0.3) is 0 Å². The number of halogens is 1. The lowest BCUT2D eigenvalue weighted by Crippen LogP contribution is -2.15. The van der Waals surface area contributed by atoms with Crippen LogP contribution in [0.15, 0.2) is 127 Å². The first-order valence-electron chi connectivity index (χ1n) is 15.3. The molecule has 2 nitrogen and oxygen atoms in total. The van der Waals surface area contributed by atoms with Crippen LogP contribution >= 0.6 is 11.3 Å². The van der Waals surface area contributed by atoms with Gasteiger partial charge < -0.3 is 9.80 Å². The van der Waals surface area contributed by atoms with Crippen molar-refractivity contribution in [3.63, 3.8) is 0 Å². The van der Waals surface area contributed by atoms with Gasteiger partial charge in [0.15, 0.2) is 0 Å². The lowest BCUT2D eigenvalue weighted by atomic mass is 9.82. The molecule has 1 aromatic heterocycles. The lowest BCUT2D eigenvalue weighted by molar-refractivity contribution is 0.628. The molecule has 0 atom stereocenters. The molecule has 220 valence electrons. The van der Waals surface area contributed by atoms with E-state index in [4.69, 9.17) is 0 Å². The third kappa shape index (κ3) is 4.51. The fourth-order valence-electron chi connectivity index (χ4n) is 6.95. The maximum absolute atomic E-state index is 13.5. The molecule has 8 rings (SSSR count). The highest BCUT2D eigenvalue weighted by Crippen LogP contribution is 2.51. The van der Waals surface area contributed by atoms with Gasteiger partial charge in [-0.15, -0.1) is 11.3 Å². The zero-order valence-corrected chi connectivity index (χ0v) is 26.6. The lowest BCUT2D eigenvalue weighted by Gasteiger charge is -2.27. The molecule has 4 heteroatoms. The molecular formula is C41H33FN2S. The fourth-order valence-corrected chi connectivity index (χ4v) is 8.12. The van der Waals surface area contributed by atoms with Crippen LogP contribution < -0.4 is 9.80 Å². The van der Waals surface area contributed by atoms with Crippen molar-refractivity contribution in [1.82, 2.24) is 0 Å². The molecule has 0 spiro atoms. The van der Waals surface area contributed by atoms with Crippen molar-refractivity contribution in [2.45, 2.75) is 26.2 Å². The van der Waals surface area contributed by atoms with Gasteiger partial charge in [-0.1, -0.05) is 74.0 Å². The van der Waals surface area contributed by atoms with Crippen LogP contribution in [0.4, 0.5) is 32.8 Å². The van der Waals surface area contributed by atoms with E-state index in [9.17, 15) is 4.39 Å². The molecule has 0 saturated carbocycles. The monoisotopic (exact) mass is 604 g/mol. The van der Waals surface area contributed by atoms with Crippen LogP contribution in [0.3, 0.4) is 0 Å². The van der Waals surface area contributed by atoms with Gasteiger partial charge in [0.1, 0.15) is 5.82 Å². The molecule has 0 saturated heterocycles. The largest absolute Gasteiger partial charge is 0.345 e. The van der Waals surface area contributed by atoms with Gasteiger partial charge in [-0.3, -0.25) is 0 Å². The summed E-state index contributed by atoms with van der Waals surface area (Å²) >= 11 is 1.81. The Morgan fingerprint density at radius 2 is 1.11 bits per heavy atom. The number of rotatable bonds is 5. The second kappa shape index (κ2) is 10.3. The Balaban J connectivity index is 1.24. The SMILES string of the molecule is Cc1ccc2c(c1)-c1cc(N(c3ccccc3)c3ccc4c(c3)sc3cc(N(C)c5ccc(F)cc5)ccc34)ccc1C2(C)C. The van der Waals surface area contributed by atoms with Crippen LogP contribution in [0.1, 0.15) is 30.5 Å². The summed E-state index contributed by atoms with van der Waals surface area (Å²) in [5.41, 5.74) is 12.1. The van der Waals surface area contributed by atoms with Crippen LogP contribution in [-0.4, -0.2) is 7.05 Å². The van der Waals surface area contributed by atoms with Gasteiger partial charge >= 0.3 is 0 Å². The van der Waals surface area contributed by atoms with Gasteiger partial charge in [-0.25, -0.2) is 4.39 Å². The summed E-state index contributed by atoms with van der Waals surface area (Å²) < 4.78 is 16.0. The van der Waals surface area contributed by atoms with Crippen molar-refractivity contribution >= 4 is 59.9 Å². The van der Waals surface area contributed by atoms with E-state index >= 15 is 0 Å². The zero-order chi connectivity index (χ0) is 30.9. The normalized spacial score (nSPS) is 13.2. The van der Waals surface area contributed by atoms with Crippen LogP contribution in [0.2, 0.25) is 0 Å². The number of anilines is 5. The van der Waals surface area contributed by atoms with Crippen molar-refractivity contribution in [2.24, 2.45) is 0 Å². The number of fused-ring (bicyclic) bond motifs is 6. The predicted octanol–water partition coefficient (Wildman–Crippen LogP) is 12.0. The Morgan fingerprint density at radius 3 is 1.82 bits per heavy atom. The molecule has 0 N–H and O–H groups in total. The third-order valence-corrected chi connectivity index (χ3v) is 10.5. The first kappa shape index (κ1) is 27.6. The van der Waals surface area contributed by atoms with Gasteiger partial charge in [-0.05, 0) is 102 Å². The summed E-state index contributed by atoms with van der Waals surface area (Å²) in [6, 6.07) is 44.6. The molecule has 0 unspecified atom stereocenters. The molecule has 0 bridgehead atoms. The Morgan fingerprint density at radius 1 is 0.556 bits per heavy atom. The van der Waals surface area contributed by atoms with E-state index in [1.54, 1.807) is 0 Å². The highest BCUT2D eigenvalue weighted by atomic mass is 32.1. The number of hydrogen-bond acceptors (Lipinski definition) is 3. The van der Waals surface area contributed by atoms with Crippen LogP contribution in [0.5, 0.6) is 0 Å². The summed E-state index contributed by atoms with van der Waals surface area (Å²) in [7, 11) is 2.02. The molecule has 7 aromatic rings. The number of nitrogens with zero attached hydrogens (tertiary/aromatic N) is 2. The summed E-state index contributed by atoms with van der Waals surface area (Å²) in [5.74, 6) is -0.226. The van der Waals surface area contributed by atoms with Crippen LogP contribution in [-0.2, 0) is 5.41 Å². The van der Waals surface area contributed by atoms with Crippen molar-refractivity contribution < 1.29 is 4.39 Å². The average Bonchev–Trinajstić information content (AvgIpc) is 3.52. The minimum atomic E-state index is -0.226. The summed E-state index contributed by atoms with van der Waals surface area (Å²) in [6.45, 7) is 6.84. The first-order chi connectivity index (χ1) is 21.8. The topological polar surface area (TPSA) is 6.48 Å². The maximum Gasteiger partial charge on any atom is 0.123 e. The van der Waals surface area contributed by atoms with E-state index in [1.807, 2.05) is 30.5 Å². The van der Waals surface area contributed by atoms with E-state index < -0.39 is 0 Å². The molecule has 0 aliphatic heterocycles. The predicted molar refractivity (Wildman–Crippen MR) is 191 cm³/mol. The number of hydrogen-bond donors (Lipinski definition) is 0. The van der Waals surface area contributed by atoms with Crippen molar-refractivity contribution in [3.8, 4) is 11.1 Å². The van der Waals surface area contributed by atoms with Crippen LogP contribution in [0.25, 0.3) is 31.3 Å². The number of aryl methyl sites for hydroxylation is 1. The molecule has 0 radical (unpaired) electrons. The molecule has 6 aromatic carbocycles. The Bertz CT molecular complexity index is 2230. The van der Waals surface area contributed by atoms with E-state index in [-0.39, 0.29) is 11.2 Å². The van der Waals surface area contributed by atoms with E-state index in [0.717, 1.165) is 28.4 Å². The van der Waals surface area contributed by atoms with Gasteiger partial charge in [0.05, 0.1) is 0 Å². The molecule has 0 fully saturated rings. The van der Waals surface area contributed by atoms with E-state index in [2.05, 4.69) is 134 Å². The molecular weight excluding hydrogens is 572 g/mol. The second-order valence-corrected chi connectivity index (χ2v) is 13.7. The molecule has 1 heterocycles. The van der Waals surface area contributed by atoms with Crippen molar-refractivity contribution in [2.75, 3.05) is 16.8 Å². The van der Waals surface area contributed by atoms with E-state index in [0.29, 0.717) is 0 Å². The Labute approximate surface area is 267 Å². The molecule has 1 aliphatic carbocycles. The van der Waals surface area contributed by atoms with E-state index in [1.165, 1.54) is 60.1 Å². The Hall–Kier alpha value is -4.93.